The topological polar surface area (TPSA) is 74.3 Å². The molecule has 172 valence electrons. The number of carbonyl (C=O) groups excluding carboxylic acids is 2. The van der Waals surface area contributed by atoms with E-state index in [1.165, 1.54) is 16.9 Å². The van der Waals surface area contributed by atoms with Crippen molar-refractivity contribution in [1.82, 2.24) is 15.2 Å². The Hall–Kier alpha value is -3.19. The predicted molar refractivity (Wildman–Crippen MR) is 133 cm³/mol. The van der Waals surface area contributed by atoms with Crippen LogP contribution in [0.3, 0.4) is 0 Å². The smallest absolute Gasteiger partial charge is 0.318 e. The first kappa shape index (κ1) is 23.0. The van der Waals surface area contributed by atoms with E-state index in [1.54, 1.807) is 4.90 Å². The molecule has 0 saturated carbocycles. The highest BCUT2D eigenvalue weighted by Gasteiger charge is 2.35. The van der Waals surface area contributed by atoms with E-state index in [2.05, 4.69) is 22.8 Å². The maximum Gasteiger partial charge on any atom is 0.318 e. The number of nitrogens with zero attached hydrogens (tertiary/aromatic N) is 2. The lowest BCUT2D eigenvalue weighted by molar-refractivity contribution is -0.119. The van der Waals surface area contributed by atoms with Crippen LogP contribution in [-0.4, -0.2) is 39.9 Å². The summed E-state index contributed by atoms with van der Waals surface area (Å²) < 4.78 is 0. The predicted octanol–water partition coefficient (Wildman–Crippen LogP) is 5.31. The van der Waals surface area contributed by atoms with Gasteiger partial charge in [0.25, 0.3) is 0 Å². The molecule has 2 aromatic carbocycles. The van der Waals surface area contributed by atoms with E-state index in [4.69, 9.17) is 4.98 Å². The van der Waals surface area contributed by atoms with Gasteiger partial charge in [-0.15, -0.1) is 11.3 Å². The fourth-order valence-electron chi connectivity index (χ4n) is 3.99. The Bertz CT molecular complexity index is 1110. The van der Waals surface area contributed by atoms with Crippen molar-refractivity contribution in [3.63, 3.8) is 0 Å². The zero-order valence-corrected chi connectivity index (χ0v) is 20.1. The minimum atomic E-state index is -0.492. The van der Waals surface area contributed by atoms with E-state index in [-0.39, 0.29) is 17.5 Å². The lowest BCUT2D eigenvalue weighted by atomic mass is 10.1. The normalized spacial score (nSPS) is 16.0. The first-order chi connectivity index (χ1) is 15.8. The van der Waals surface area contributed by atoms with Gasteiger partial charge in [-0.25, -0.2) is 9.78 Å². The van der Waals surface area contributed by atoms with Crippen molar-refractivity contribution in [3.05, 3.63) is 71.1 Å². The Morgan fingerprint density at radius 2 is 1.73 bits per heavy atom. The van der Waals surface area contributed by atoms with Gasteiger partial charge in [0.1, 0.15) is 6.04 Å². The number of anilines is 1. The third kappa shape index (κ3) is 5.79. The van der Waals surface area contributed by atoms with Crippen LogP contribution in [0, 0.1) is 0 Å². The number of nitrogens with one attached hydrogen (secondary N) is 2. The summed E-state index contributed by atoms with van der Waals surface area (Å²) >= 11 is 1.49. The van der Waals surface area contributed by atoms with Crippen LogP contribution in [0.1, 0.15) is 44.1 Å². The summed E-state index contributed by atoms with van der Waals surface area (Å²) in [4.78, 5) is 33.4. The minimum Gasteiger partial charge on any atom is -0.333 e. The Kier molecular flexibility index (Phi) is 6.79. The highest BCUT2D eigenvalue weighted by molar-refractivity contribution is 7.16. The Labute approximate surface area is 199 Å². The molecule has 0 bridgehead atoms. The van der Waals surface area contributed by atoms with Crippen LogP contribution in [0.4, 0.5) is 9.93 Å². The molecule has 4 rings (SSSR count). The molecule has 0 aliphatic carbocycles. The van der Waals surface area contributed by atoms with E-state index in [1.807, 2.05) is 69.3 Å². The Morgan fingerprint density at radius 3 is 2.39 bits per heavy atom. The monoisotopic (exact) mass is 462 g/mol. The number of urea groups is 1. The van der Waals surface area contributed by atoms with Gasteiger partial charge >= 0.3 is 6.03 Å². The molecule has 0 radical (unpaired) electrons. The van der Waals surface area contributed by atoms with Gasteiger partial charge in [-0.3, -0.25) is 4.79 Å². The fraction of sp³-hybridized carbons (Fsp3) is 0.346. The van der Waals surface area contributed by atoms with Crippen molar-refractivity contribution < 1.29 is 9.59 Å². The highest BCUT2D eigenvalue weighted by Crippen LogP contribution is 2.33. The number of hydrogen-bond donors (Lipinski definition) is 2. The lowest BCUT2D eigenvalue weighted by Crippen LogP contribution is -2.52. The second kappa shape index (κ2) is 9.75. The molecule has 2 heterocycles. The van der Waals surface area contributed by atoms with Crippen molar-refractivity contribution in [3.8, 4) is 11.3 Å². The summed E-state index contributed by atoms with van der Waals surface area (Å²) in [5.41, 5.74) is 2.74. The van der Waals surface area contributed by atoms with Crippen molar-refractivity contribution in [1.29, 1.82) is 0 Å². The zero-order chi connectivity index (χ0) is 23.4. The van der Waals surface area contributed by atoms with E-state index >= 15 is 0 Å². The van der Waals surface area contributed by atoms with Gasteiger partial charge in [0.05, 0.1) is 5.69 Å². The van der Waals surface area contributed by atoms with Gasteiger partial charge in [-0.1, -0.05) is 60.7 Å². The summed E-state index contributed by atoms with van der Waals surface area (Å²) in [6.45, 7) is 6.38. The van der Waals surface area contributed by atoms with Gasteiger partial charge < -0.3 is 15.5 Å². The molecule has 33 heavy (non-hydrogen) atoms. The summed E-state index contributed by atoms with van der Waals surface area (Å²) in [7, 11) is 0. The lowest BCUT2D eigenvalue weighted by Gasteiger charge is -2.28. The second-order valence-electron chi connectivity index (χ2n) is 9.34. The number of hydrogen-bond acceptors (Lipinski definition) is 4. The largest absolute Gasteiger partial charge is 0.333 e. The molecule has 2 N–H and O–H groups in total. The maximum absolute atomic E-state index is 13.1. The van der Waals surface area contributed by atoms with E-state index in [9.17, 15) is 9.59 Å². The molecule has 6 nitrogen and oxygen atoms in total. The molecule has 3 amide bonds. The molecule has 1 saturated heterocycles. The molecule has 0 spiro atoms. The number of aromatic nitrogens is 1. The summed E-state index contributed by atoms with van der Waals surface area (Å²) in [5, 5.41) is 6.52. The molecule has 1 aliphatic heterocycles. The number of rotatable bonds is 5. The minimum absolute atomic E-state index is 0.184. The van der Waals surface area contributed by atoms with Crippen LogP contribution >= 0.6 is 11.3 Å². The molecule has 1 unspecified atom stereocenters. The van der Waals surface area contributed by atoms with E-state index < -0.39 is 6.04 Å². The SMILES string of the molecule is CC(C)(C)NC(=O)N1CCCC1C(=O)Nc1nc(-c2ccccc2)c(Cc2ccccc2)s1. The average molecular weight is 463 g/mol. The number of benzene rings is 2. The van der Waals surface area contributed by atoms with Gasteiger partial charge in [0, 0.05) is 28.9 Å². The van der Waals surface area contributed by atoms with Crippen LogP contribution < -0.4 is 10.6 Å². The molecule has 1 aliphatic rings. The van der Waals surface area contributed by atoms with Crippen molar-refractivity contribution in [2.75, 3.05) is 11.9 Å². The van der Waals surface area contributed by atoms with Crippen molar-refractivity contribution >= 4 is 28.4 Å². The molecule has 1 fully saturated rings. The standard InChI is InChI=1S/C26H30N4O2S/c1-26(2,3)29-25(32)30-16-10-15-20(30)23(31)28-24-27-22(19-13-8-5-9-14-19)21(33-24)17-18-11-6-4-7-12-18/h4-9,11-14,20H,10,15-17H2,1-3H3,(H,29,32)(H,27,28,31). The summed E-state index contributed by atoms with van der Waals surface area (Å²) in [6.07, 6.45) is 2.20. The van der Waals surface area contributed by atoms with Gasteiger partial charge in [-0.05, 0) is 39.2 Å². The van der Waals surface area contributed by atoms with Gasteiger partial charge in [0.15, 0.2) is 5.13 Å². The van der Waals surface area contributed by atoms with E-state index in [0.717, 1.165) is 29.0 Å². The number of likely N-dealkylation sites (tertiary alicyclic amines) is 1. The highest BCUT2D eigenvalue weighted by atomic mass is 32.1. The number of thiazole rings is 1. The van der Waals surface area contributed by atoms with Crippen LogP contribution in [-0.2, 0) is 11.2 Å². The van der Waals surface area contributed by atoms with Crippen LogP contribution in [0.15, 0.2) is 60.7 Å². The van der Waals surface area contributed by atoms with Crippen LogP contribution in [0.5, 0.6) is 0 Å². The summed E-state index contributed by atoms with van der Waals surface area (Å²) in [6, 6.07) is 19.6. The van der Waals surface area contributed by atoms with Crippen molar-refractivity contribution in [2.45, 2.75) is 51.6 Å². The average Bonchev–Trinajstić information content (AvgIpc) is 3.41. The number of carbonyl (C=O) groups is 2. The second-order valence-corrected chi connectivity index (χ2v) is 10.4. The molecular weight excluding hydrogens is 432 g/mol. The fourth-order valence-corrected chi connectivity index (χ4v) is 5.01. The maximum atomic E-state index is 13.1. The van der Waals surface area contributed by atoms with Gasteiger partial charge in [0.2, 0.25) is 5.91 Å². The van der Waals surface area contributed by atoms with Crippen molar-refractivity contribution in [2.24, 2.45) is 0 Å². The first-order valence-electron chi connectivity index (χ1n) is 11.3. The molecule has 7 heteroatoms. The summed E-state index contributed by atoms with van der Waals surface area (Å²) in [5.74, 6) is -0.184. The Morgan fingerprint density at radius 1 is 1.06 bits per heavy atom. The van der Waals surface area contributed by atoms with Crippen LogP contribution in [0.25, 0.3) is 11.3 Å². The third-order valence-corrected chi connectivity index (χ3v) is 6.45. The Balaban J connectivity index is 1.55. The quantitative estimate of drug-likeness (QED) is 0.539. The zero-order valence-electron chi connectivity index (χ0n) is 19.3. The van der Waals surface area contributed by atoms with Crippen LogP contribution in [0.2, 0.25) is 0 Å². The third-order valence-electron chi connectivity index (χ3n) is 5.48. The first-order valence-corrected chi connectivity index (χ1v) is 12.1. The molecular formula is C26H30N4O2S. The molecule has 1 atom stereocenters. The molecule has 1 aromatic heterocycles. The molecule has 3 aromatic rings. The van der Waals surface area contributed by atoms with E-state index in [0.29, 0.717) is 18.1 Å². The number of amides is 3. The van der Waals surface area contributed by atoms with Gasteiger partial charge in [-0.2, -0.15) is 0 Å².